The second kappa shape index (κ2) is 6.04. The molecule has 0 saturated carbocycles. The average molecular weight is 412 g/mol. The maximum atomic E-state index is 13.4. The van der Waals surface area contributed by atoms with Gasteiger partial charge in [0.05, 0.1) is 16.5 Å². The van der Waals surface area contributed by atoms with Gasteiger partial charge in [0.2, 0.25) is 11.6 Å². The van der Waals surface area contributed by atoms with Crippen molar-refractivity contribution in [2.75, 3.05) is 7.05 Å². The van der Waals surface area contributed by atoms with Crippen LogP contribution in [-0.2, 0) is 16.0 Å². The summed E-state index contributed by atoms with van der Waals surface area (Å²) in [7, 11) is 1.45. The molecule has 156 valence electrons. The second-order valence-corrected chi connectivity index (χ2v) is 7.86. The van der Waals surface area contributed by atoms with E-state index in [2.05, 4.69) is 5.32 Å². The van der Waals surface area contributed by atoms with Crippen molar-refractivity contribution in [3.63, 3.8) is 0 Å². The Bertz CT molecular complexity index is 1200. The number of phenols is 2. The fourth-order valence-electron chi connectivity index (χ4n) is 4.73. The van der Waals surface area contributed by atoms with Crippen molar-refractivity contribution in [3.05, 3.63) is 46.7 Å². The van der Waals surface area contributed by atoms with Crippen LogP contribution in [0.3, 0.4) is 0 Å². The van der Waals surface area contributed by atoms with E-state index in [1.54, 1.807) is 18.2 Å². The van der Waals surface area contributed by atoms with Crippen molar-refractivity contribution in [2.45, 2.75) is 24.5 Å². The Balaban J connectivity index is 2.07. The topological polar surface area (TPSA) is 170 Å². The number of ketones is 2. The maximum absolute atomic E-state index is 13.4. The Morgan fingerprint density at radius 3 is 2.47 bits per heavy atom. The van der Waals surface area contributed by atoms with Crippen LogP contribution in [0.25, 0.3) is 10.8 Å². The third-order valence-corrected chi connectivity index (χ3v) is 6.47. The van der Waals surface area contributed by atoms with Gasteiger partial charge in [-0.1, -0.05) is 18.2 Å². The highest BCUT2D eigenvalue weighted by atomic mass is 16.3. The van der Waals surface area contributed by atoms with Gasteiger partial charge < -0.3 is 31.5 Å². The highest BCUT2D eigenvalue weighted by Gasteiger charge is 2.66. The van der Waals surface area contributed by atoms with Gasteiger partial charge in [-0.2, -0.15) is 0 Å². The van der Waals surface area contributed by atoms with Crippen molar-refractivity contribution in [2.24, 2.45) is 11.7 Å². The minimum Gasteiger partial charge on any atom is -0.509 e. The van der Waals surface area contributed by atoms with Gasteiger partial charge >= 0.3 is 0 Å². The van der Waals surface area contributed by atoms with Crippen molar-refractivity contribution in [1.29, 1.82) is 0 Å². The maximum Gasteiger partial charge on any atom is 0.255 e. The SMILES string of the molecule is CN[C@@]1(C)C(O)=C(C(N)=O)C(=O)[C@@]2(O)C(=O)c3c(cc4cccc(O)c4c3O)C[C@H]21. The summed E-state index contributed by atoms with van der Waals surface area (Å²) in [6, 6.07) is 6.10. The molecule has 0 radical (unpaired) electrons. The third-order valence-electron chi connectivity index (χ3n) is 6.47. The molecule has 30 heavy (non-hydrogen) atoms. The van der Waals surface area contributed by atoms with Gasteiger partial charge in [-0.05, 0) is 37.4 Å². The first-order chi connectivity index (χ1) is 14.0. The quantitative estimate of drug-likeness (QED) is 0.300. The molecule has 4 rings (SSSR count). The number of primary amides is 1. The number of Topliss-reactive ketones (excluding diaryl/α,β-unsaturated/α-hetero) is 2. The molecule has 7 N–H and O–H groups in total. The van der Waals surface area contributed by atoms with E-state index in [4.69, 9.17) is 5.73 Å². The van der Waals surface area contributed by atoms with Gasteiger partial charge in [-0.15, -0.1) is 0 Å². The zero-order valence-electron chi connectivity index (χ0n) is 16.2. The molecule has 0 saturated heterocycles. The molecule has 2 aliphatic rings. The van der Waals surface area contributed by atoms with E-state index in [1.165, 1.54) is 20.0 Å². The summed E-state index contributed by atoms with van der Waals surface area (Å²) in [4.78, 5) is 38.4. The lowest BCUT2D eigenvalue weighted by atomic mass is 9.57. The number of phenolic OH excluding ortho intramolecular Hbond substituents is 2. The molecule has 9 heteroatoms. The number of carbonyl (C=O) groups is 3. The summed E-state index contributed by atoms with van der Waals surface area (Å²) in [6.45, 7) is 1.44. The average Bonchev–Trinajstić information content (AvgIpc) is 2.68. The number of rotatable bonds is 2. The van der Waals surface area contributed by atoms with Crippen molar-refractivity contribution in [1.82, 2.24) is 5.32 Å². The van der Waals surface area contributed by atoms with Crippen LogP contribution in [0.4, 0.5) is 0 Å². The smallest absolute Gasteiger partial charge is 0.255 e. The van der Waals surface area contributed by atoms with Crippen LogP contribution < -0.4 is 11.1 Å². The van der Waals surface area contributed by atoms with Gasteiger partial charge in [-0.3, -0.25) is 14.4 Å². The van der Waals surface area contributed by atoms with Crippen molar-refractivity contribution in [3.8, 4) is 11.5 Å². The van der Waals surface area contributed by atoms with Crippen LogP contribution in [0.1, 0.15) is 22.8 Å². The standard InChI is InChI=1S/C21H20N2O7/c1-20(23-2)11-7-9-6-8-4-3-5-10(24)12(8)15(25)13(9)17(27)21(11,30)18(28)14(16(20)26)19(22)29/h3-6,11,23-26,30H,7H2,1-2H3,(H2,22,29)/t11-,20+,21-/m0/s1. The molecule has 1 amide bonds. The van der Waals surface area contributed by atoms with E-state index in [-0.39, 0.29) is 23.1 Å². The first-order valence-corrected chi connectivity index (χ1v) is 9.21. The molecule has 2 aromatic carbocycles. The Labute approximate surface area is 170 Å². The van der Waals surface area contributed by atoms with E-state index >= 15 is 0 Å². The predicted octanol–water partition coefficient (Wildman–Crippen LogP) is 0.195. The third kappa shape index (κ3) is 2.16. The summed E-state index contributed by atoms with van der Waals surface area (Å²) in [6.07, 6.45) is -0.0874. The number of hydrogen-bond donors (Lipinski definition) is 6. The summed E-state index contributed by atoms with van der Waals surface area (Å²) in [5, 5.41) is 46.2. The Morgan fingerprint density at radius 2 is 1.87 bits per heavy atom. The van der Waals surface area contributed by atoms with Gasteiger partial charge in [-0.25, -0.2) is 0 Å². The van der Waals surface area contributed by atoms with Crippen LogP contribution in [0.15, 0.2) is 35.6 Å². The molecule has 0 bridgehead atoms. The van der Waals surface area contributed by atoms with Gasteiger partial charge in [0.1, 0.15) is 22.8 Å². The van der Waals surface area contributed by atoms with E-state index in [0.29, 0.717) is 10.9 Å². The second-order valence-electron chi connectivity index (χ2n) is 7.86. The zero-order chi connectivity index (χ0) is 22.2. The van der Waals surface area contributed by atoms with Crippen LogP contribution in [0.2, 0.25) is 0 Å². The molecule has 0 aliphatic heterocycles. The molecular weight excluding hydrogens is 392 g/mol. The predicted molar refractivity (Wildman–Crippen MR) is 105 cm³/mol. The molecule has 2 aromatic rings. The number of nitrogens with two attached hydrogens (primary N) is 1. The van der Waals surface area contributed by atoms with Gasteiger partial charge in [0.25, 0.3) is 5.91 Å². The first kappa shape index (κ1) is 19.9. The number of amides is 1. The molecule has 0 heterocycles. The number of aliphatic hydroxyl groups is 2. The monoisotopic (exact) mass is 412 g/mol. The number of likely N-dealkylation sites (N-methyl/N-ethyl adjacent to an activating group) is 1. The Morgan fingerprint density at radius 1 is 1.20 bits per heavy atom. The molecule has 2 aliphatic carbocycles. The van der Waals surface area contributed by atoms with Gasteiger partial charge in [0, 0.05) is 5.92 Å². The molecule has 3 atom stereocenters. The van der Waals surface area contributed by atoms with E-state index in [0.717, 1.165) is 0 Å². The molecule has 0 unspecified atom stereocenters. The molecule has 0 aromatic heterocycles. The Kier molecular flexibility index (Phi) is 4.00. The van der Waals surface area contributed by atoms with E-state index in [9.17, 15) is 34.8 Å². The molecule has 0 fully saturated rings. The normalized spacial score (nSPS) is 28.4. The summed E-state index contributed by atoms with van der Waals surface area (Å²) >= 11 is 0. The number of fused-ring (bicyclic) bond motifs is 3. The number of aromatic hydroxyl groups is 2. The lowest BCUT2D eigenvalue weighted by molar-refractivity contribution is -0.141. The summed E-state index contributed by atoms with van der Waals surface area (Å²) in [5.41, 5.74) is 0.107. The van der Waals surface area contributed by atoms with Crippen LogP contribution in [0, 0.1) is 5.92 Å². The Hall–Kier alpha value is -3.43. The number of hydrogen-bond acceptors (Lipinski definition) is 8. The number of benzene rings is 2. The summed E-state index contributed by atoms with van der Waals surface area (Å²) in [5.74, 6) is -6.44. The molecular formula is C21H20N2O7. The minimum atomic E-state index is -2.75. The fraction of sp³-hybridized carbons (Fsp3) is 0.286. The zero-order valence-corrected chi connectivity index (χ0v) is 16.2. The van der Waals surface area contributed by atoms with Crippen LogP contribution in [0.5, 0.6) is 11.5 Å². The molecule has 9 nitrogen and oxygen atoms in total. The first-order valence-electron chi connectivity index (χ1n) is 9.21. The summed E-state index contributed by atoms with van der Waals surface area (Å²) < 4.78 is 0. The largest absolute Gasteiger partial charge is 0.509 e. The van der Waals surface area contributed by atoms with Crippen molar-refractivity contribution >= 4 is 28.2 Å². The van der Waals surface area contributed by atoms with Crippen molar-refractivity contribution < 1.29 is 34.8 Å². The minimum absolute atomic E-state index is 0.000185. The highest BCUT2D eigenvalue weighted by molar-refractivity contribution is 6.33. The number of carbonyl (C=O) groups excluding carboxylic acids is 3. The van der Waals surface area contributed by atoms with Crippen LogP contribution in [-0.4, -0.2) is 56.1 Å². The molecule has 0 spiro atoms. The van der Waals surface area contributed by atoms with Gasteiger partial charge in [0.15, 0.2) is 5.60 Å². The van der Waals surface area contributed by atoms with E-state index in [1.807, 2.05) is 0 Å². The number of nitrogens with one attached hydrogen (secondary N) is 1. The number of aliphatic hydroxyl groups excluding tert-OH is 1. The highest BCUT2D eigenvalue weighted by Crippen LogP contribution is 2.50. The van der Waals surface area contributed by atoms with Crippen LogP contribution >= 0.6 is 0 Å². The van der Waals surface area contributed by atoms with E-state index < -0.39 is 51.6 Å². The fourth-order valence-corrected chi connectivity index (χ4v) is 4.73. The lowest BCUT2D eigenvalue weighted by Crippen LogP contribution is -2.70. The lowest BCUT2D eigenvalue weighted by Gasteiger charge is -2.50.